The van der Waals surface area contributed by atoms with Gasteiger partial charge in [0.1, 0.15) is 0 Å². The van der Waals surface area contributed by atoms with Crippen LogP contribution in [0.5, 0.6) is 0 Å². The summed E-state index contributed by atoms with van der Waals surface area (Å²) in [6.45, 7) is 5.03. The lowest BCUT2D eigenvalue weighted by Gasteiger charge is -2.21. The Morgan fingerprint density at radius 3 is 2.73 bits per heavy atom. The highest BCUT2D eigenvalue weighted by molar-refractivity contribution is 7.14. The normalized spacial score (nSPS) is 15.5. The predicted octanol–water partition coefficient (Wildman–Crippen LogP) is 3.72. The van der Waals surface area contributed by atoms with Gasteiger partial charge in [0, 0.05) is 18.3 Å². The molecule has 0 aliphatic carbocycles. The molecule has 5 nitrogen and oxygen atoms in total. The number of amides is 2. The minimum atomic E-state index is -0.0379. The van der Waals surface area contributed by atoms with E-state index < -0.39 is 0 Å². The summed E-state index contributed by atoms with van der Waals surface area (Å²) in [5, 5.41) is 5.73. The third-order valence-electron chi connectivity index (χ3n) is 4.43. The summed E-state index contributed by atoms with van der Waals surface area (Å²) in [6.07, 6.45) is 2.59. The molecule has 2 aromatic rings. The molecule has 0 saturated carbocycles. The number of carbonyl (C=O) groups is 2. The van der Waals surface area contributed by atoms with Gasteiger partial charge in [-0.3, -0.25) is 14.5 Å². The SMILES string of the molecule is CC(C)CC(NC(=O)Cc1csc(N2CCCC2=O)n1)c1ccccc1. The maximum Gasteiger partial charge on any atom is 0.228 e. The maximum absolute atomic E-state index is 12.5. The Morgan fingerprint density at radius 2 is 2.08 bits per heavy atom. The minimum absolute atomic E-state index is 0.00182. The number of hydrogen-bond donors (Lipinski definition) is 1. The van der Waals surface area contributed by atoms with E-state index >= 15 is 0 Å². The van der Waals surface area contributed by atoms with Crippen molar-refractivity contribution in [2.24, 2.45) is 5.92 Å². The topological polar surface area (TPSA) is 62.3 Å². The van der Waals surface area contributed by atoms with Gasteiger partial charge in [0.05, 0.1) is 18.2 Å². The van der Waals surface area contributed by atoms with Gasteiger partial charge in [-0.2, -0.15) is 0 Å². The number of nitrogens with zero attached hydrogens (tertiary/aromatic N) is 2. The van der Waals surface area contributed by atoms with Crippen molar-refractivity contribution in [3.05, 3.63) is 47.0 Å². The zero-order valence-corrected chi connectivity index (χ0v) is 16.1. The van der Waals surface area contributed by atoms with Crippen molar-refractivity contribution >= 4 is 28.3 Å². The Morgan fingerprint density at radius 1 is 1.31 bits per heavy atom. The monoisotopic (exact) mass is 371 g/mol. The van der Waals surface area contributed by atoms with Crippen molar-refractivity contribution in [2.45, 2.75) is 45.6 Å². The Labute approximate surface area is 158 Å². The second-order valence-corrected chi connectivity index (χ2v) is 7.94. The second kappa shape index (κ2) is 8.45. The first-order chi connectivity index (χ1) is 12.5. The van der Waals surface area contributed by atoms with Gasteiger partial charge in [-0.25, -0.2) is 4.98 Å². The van der Waals surface area contributed by atoms with E-state index in [1.54, 1.807) is 4.90 Å². The molecular weight excluding hydrogens is 346 g/mol. The lowest BCUT2D eigenvalue weighted by molar-refractivity contribution is -0.121. The molecule has 1 aromatic heterocycles. The Kier molecular flexibility index (Phi) is 6.04. The fraction of sp³-hybridized carbons (Fsp3) is 0.450. The van der Waals surface area contributed by atoms with E-state index in [9.17, 15) is 9.59 Å². The largest absolute Gasteiger partial charge is 0.349 e. The summed E-state index contributed by atoms with van der Waals surface area (Å²) in [5.74, 6) is 0.563. The first-order valence-electron chi connectivity index (χ1n) is 9.12. The first kappa shape index (κ1) is 18.6. The summed E-state index contributed by atoms with van der Waals surface area (Å²) in [6, 6.07) is 10.1. The lowest BCUT2D eigenvalue weighted by Crippen LogP contribution is -2.31. The molecule has 1 aliphatic heterocycles. The van der Waals surface area contributed by atoms with Gasteiger partial charge >= 0.3 is 0 Å². The molecule has 0 bridgehead atoms. The third-order valence-corrected chi connectivity index (χ3v) is 5.34. The van der Waals surface area contributed by atoms with Crippen LogP contribution in [0.4, 0.5) is 5.13 Å². The molecule has 0 spiro atoms. The predicted molar refractivity (Wildman–Crippen MR) is 104 cm³/mol. The van der Waals surface area contributed by atoms with E-state index in [1.165, 1.54) is 11.3 Å². The lowest BCUT2D eigenvalue weighted by atomic mass is 9.97. The van der Waals surface area contributed by atoms with E-state index in [0.717, 1.165) is 30.6 Å². The van der Waals surface area contributed by atoms with Crippen LogP contribution in [0.2, 0.25) is 0 Å². The van der Waals surface area contributed by atoms with Crippen LogP contribution in [0.1, 0.15) is 50.4 Å². The van der Waals surface area contributed by atoms with Gasteiger partial charge in [0.2, 0.25) is 11.8 Å². The quantitative estimate of drug-likeness (QED) is 0.807. The van der Waals surface area contributed by atoms with E-state index in [4.69, 9.17) is 0 Å². The van der Waals surface area contributed by atoms with Crippen LogP contribution in [-0.2, 0) is 16.0 Å². The molecule has 2 amide bonds. The molecule has 3 rings (SSSR count). The smallest absolute Gasteiger partial charge is 0.228 e. The van der Waals surface area contributed by atoms with Crippen LogP contribution in [-0.4, -0.2) is 23.3 Å². The molecule has 1 atom stereocenters. The van der Waals surface area contributed by atoms with Crippen molar-refractivity contribution < 1.29 is 9.59 Å². The highest BCUT2D eigenvalue weighted by atomic mass is 32.1. The number of thiazole rings is 1. The highest BCUT2D eigenvalue weighted by Crippen LogP contribution is 2.26. The molecule has 1 aromatic carbocycles. The van der Waals surface area contributed by atoms with Crippen LogP contribution in [0, 0.1) is 5.92 Å². The van der Waals surface area contributed by atoms with Gasteiger partial charge in [-0.1, -0.05) is 44.2 Å². The van der Waals surface area contributed by atoms with Crippen LogP contribution in [0.15, 0.2) is 35.7 Å². The summed E-state index contributed by atoms with van der Waals surface area (Å²) >= 11 is 1.43. The zero-order valence-electron chi connectivity index (χ0n) is 15.3. The molecular formula is C20H25N3O2S. The summed E-state index contributed by atoms with van der Waals surface area (Å²) < 4.78 is 0. The van der Waals surface area contributed by atoms with Gasteiger partial charge in [0.15, 0.2) is 5.13 Å². The molecule has 0 radical (unpaired) electrons. The average molecular weight is 372 g/mol. The van der Waals surface area contributed by atoms with Crippen LogP contribution in [0.3, 0.4) is 0 Å². The van der Waals surface area contributed by atoms with Crippen molar-refractivity contribution in [2.75, 3.05) is 11.4 Å². The Hall–Kier alpha value is -2.21. The molecule has 1 unspecified atom stereocenters. The van der Waals surface area contributed by atoms with E-state index in [2.05, 4.69) is 24.1 Å². The molecule has 1 fully saturated rings. The fourth-order valence-corrected chi connectivity index (χ4v) is 4.06. The van der Waals surface area contributed by atoms with Crippen molar-refractivity contribution in [3.63, 3.8) is 0 Å². The Bertz CT molecular complexity index is 757. The van der Waals surface area contributed by atoms with Gasteiger partial charge in [-0.05, 0) is 24.3 Å². The standard InChI is InChI=1S/C20H25N3O2S/c1-14(2)11-17(15-7-4-3-5-8-15)22-18(24)12-16-13-26-20(21-16)23-10-6-9-19(23)25/h3-5,7-8,13-14,17H,6,9-12H2,1-2H3,(H,22,24). The van der Waals surface area contributed by atoms with E-state index in [-0.39, 0.29) is 24.3 Å². The molecule has 1 N–H and O–H groups in total. The average Bonchev–Trinajstić information content (AvgIpc) is 3.23. The number of hydrogen-bond acceptors (Lipinski definition) is 4. The number of carbonyl (C=O) groups excluding carboxylic acids is 2. The second-order valence-electron chi connectivity index (χ2n) is 7.11. The van der Waals surface area contributed by atoms with Gasteiger partial charge in [0.25, 0.3) is 0 Å². The number of anilines is 1. The number of nitrogens with one attached hydrogen (secondary N) is 1. The first-order valence-corrected chi connectivity index (χ1v) is 10.00. The highest BCUT2D eigenvalue weighted by Gasteiger charge is 2.24. The van der Waals surface area contributed by atoms with Gasteiger partial charge in [-0.15, -0.1) is 11.3 Å². The van der Waals surface area contributed by atoms with Crippen LogP contribution in [0.25, 0.3) is 0 Å². The fourth-order valence-electron chi connectivity index (χ4n) is 3.20. The van der Waals surface area contributed by atoms with Gasteiger partial charge < -0.3 is 5.32 Å². The maximum atomic E-state index is 12.5. The van der Waals surface area contributed by atoms with Crippen molar-refractivity contribution in [1.82, 2.24) is 10.3 Å². The molecule has 26 heavy (non-hydrogen) atoms. The third kappa shape index (κ3) is 4.69. The van der Waals surface area contributed by atoms with E-state index in [0.29, 0.717) is 17.5 Å². The Balaban J connectivity index is 1.63. The van der Waals surface area contributed by atoms with Crippen LogP contribution >= 0.6 is 11.3 Å². The zero-order chi connectivity index (χ0) is 18.5. The molecule has 138 valence electrons. The molecule has 1 saturated heterocycles. The molecule has 2 heterocycles. The van der Waals surface area contributed by atoms with E-state index in [1.807, 2.05) is 35.7 Å². The number of rotatable bonds is 7. The molecule has 6 heteroatoms. The summed E-state index contributed by atoms with van der Waals surface area (Å²) in [7, 11) is 0. The summed E-state index contributed by atoms with van der Waals surface area (Å²) in [4.78, 5) is 30.6. The molecule has 1 aliphatic rings. The number of benzene rings is 1. The minimum Gasteiger partial charge on any atom is -0.349 e. The summed E-state index contributed by atoms with van der Waals surface area (Å²) in [5.41, 5.74) is 1.84. The van der Waals surface area contributed by atoms with Crippen LogP contribution < -0.4 is 10.2 Å². The number of aromatic nitrogens is 1. The van der Waals surface area contributed by atoms with Crippen molar-refractivity contribution in [1.29, 1.82) is 0 Å². The van der Waals surface area contributed by atoms with Crippen molar-refractivity contribution in [3.8, 4) is 0 Å².